The number of nitrogens with one attached hydrogen (secondary N) is 1. The second-order valence-corrected chi connectivity index (χ2v) is 5.24. The van der Waals surface area contributed by atoms with Gasteiger partial charge in [-0.05, 0) is 18.1 Å². The first kappa shape index (κ1) is 19.1. The number of anilines is 1. The molecule has 0 amide bonds. The largest absolute Gasteiger partial charge is 0.501 e. The van der Waals surface area contributed by atoms with Gasteiger partial charge in [-0.15, -0.1) is 0 Å². The van der Waals surface area contributed by atoms with Crippen molar-refractivity contribution in [2.45, 2.75) is 13.5 Å². The zero-order valence-corrected chi connectivity index (χ0v) is 14.8. The predicted molar refractivity (Wildman–Crippen MR) is 103 cm³/mol. The van der Waals surface area contributed by atoms with Crippen LogP contribution in [0.2, 0.25) is 0 Å². The average Bonchev–Trinajstić information content (AvgIpc) is 2.67. The van der Waals surface area contributed by atoms with Crippen LogP contribution in [-0.4, -0.2) is 29.8 Å². The van der Waals surface area contributed by atoms with Gasteiger partial charge >= 0.3 is 0 Å². The molecule has 3 N–H and O–H groups in total. The second kappa shape index (κ2) is 9.93. The van der Waals surface area contributed by atoms with Gasteiger partial charge in [0.25, 0.3) is 0 Å². The van der Waals surface area contributed by atoms with Crippen molar-refractivity contribution in [1.82, 2.24) is 9.97 Å². The van der Waals surface area contributed by atoms with Gasteiger partial charge in [-0.3, -0.25) is 4.99 Å². The standard InChI is InChI=1S/C19H22FN5O/c1-3-26-9-8-17-18(20)19(25-13-24-17)23-11-14-4-6-15(7-5-14)16(10-21)12-22-2/h4-10,12-13H,3,11,21H2,1-2H3,(H,23,24,25)/b9-8+,16-10+,22-12?. The summed E-state index contributed by atoms with van der Waals surface area (Å²) in [6.45, 7) is 2.78. The summed E-state index contributed by atoms with van der Waals surface area (Å²) in [5, 5.41) is 2.98. The molecule has 0 aliphatic heterocycles. The highest BCUT2D eigenvalue weighted by atomic mass is 19.1. The molecule has 0 saturated heterocycles. The third kappa shape index (κ3) is 5.14. The van der Waals surface area contributed by atoms with Gasteiger partial charge in [0, 0.05) is 37.7 Å². The lowest BCUT2D eigenvalue weighted by molar-refractivity contribution is 0.272. The molecular weight excluding hydrogens is 333 g/mol. The van der Waals surface area contributed by atoms with E-state index in [4.69, 9.17) is 10.5 Å². The van der Waals surface area contributed by atoms with E-state index in [0.717, 1.165) is 16.7 Å². The first-order chi connectivity index (χ1) is 12.7. The Morgan fingerprint density at radius 3 is 2.73 bits per heavy atom. The number of aliphatic imine (C=N–C) groups is 1. The van der Waals surface area contributed by atoms with E-state index in [2.05, 4.69) is 20.3 Å². The molecule has 0 saturated carbocycles. The minimum atomic E-state index is -0.521. The lowest BCUT2D eigenvalue weighted by Gasteiger charge is -2.09. The average molecular weight is 355 g/mol. The number of halogens is 1. The fourth-order valence-electron chi connectivity index (χ4n) is 2.19. The van der Waals surface area contributed by atoms with Crippen LogP contribution in [0.25, 0.3) is 11.6 Å². The first-order valence-electron chi connectivity index (χ1n) is 8.15. The Bertz CT molecular complexity index is 800. The molecular formula is C19H22FN5O. The van der Waals surface area contributed by atoms with Crippen molar-refractivity contribution < 1.29 is 9.13 Å². The summed E-state index contributed by atoms with van der Waals surface area (Å²) < 4.78 is 19.4. The SMILES string of the molecule is CCO/C=C/c1ncnc(NCc2ccc(/C(C=NC)=C/N)cc2)c1F. The van der Waals surface area contributed by atoms with Crippen molar-refractivity contribution in [2.24, 2.45) is 10.7 Å². The third-order valence-corrected chi connectivity index (χ3v) is 3.50. The fraction of sp³-hybridized carbons (Fsp3) is 0.211. The number of rotatable bonds is 8. The Hall–Kier alpha value is -3.22. The Morgan fingerprint density at radius 2 is 2.08 bits per heavy atom. The van der Waals surface area contributed by atoms with Crippen molar-refractivity contribution >= 4 is 23.7 Å². The lowest BCUT2D eigenvalue weighted by atomic mass is 10.1. The van der Waals surface area contributed by atoms with Crippen molar-refractivity contribution in [1.29, 1.82) is 0 Å². The number of hydrogen-bond donors (Lipinski definition) is 2. The van der Waals surface area contributed by atoms with Gasteiger partial charge in [-0.25, -0.2) is 14.4 Å². The molecule has 0 aliphatic carbocycles. The van der Waals surface area contributed by atoms with E-state index in [0.29, 0.717) is 13.2 Å². The van der Waals surface area contributed by atoms with Crippen LogP contribution in [0, 0.1) is 5.82 Å². The summed E-state index contributed by atoms with van der Waals surface area (Å²) in [6.07, 6.45) is 7.39. The summed E-state index contributed by atoms with van der Waals surface area (Å²) in [4.78, 5) is 11.8. The number of nitrogens with two attached hydrogens (primary N) is 1. The maximum absolute atomic E-state index is 14.4. The minimum absolute atomic E-state index is 0.140. The minimum Gasteiger partial charge on any atom is -0.501 e. The number of nitrogens with zero attached hydrogens (tertiary/aromatic N) is 3. The molecule has 0 radical (unpaired) electrons. The van der Waals surface area contributed by atoms with E-state index in [9.17, 15) is 4.39 Å². The van der Waals surface area contributed by atoms with Crippen LogP contribution in [0.3, 0.4) is 0 Å². The van der Waals surface area contributed by atoms with Gasteiger partial charge in [0.05, 0.1) is 12.9 Å². The van der Waals surface area contributed by atoms with Crippen molar-refractivity contribution in [3.63, 3.8) is 0 Å². The Labute approximate surface area is 152 Å². The van der Waals surface area contributed by atoms with E-state index >= 15 is 0 Å². The van der Waals surface area contributed by atoms with Crippen molar-refractivity contribution in [3.8, 4) is 0 Å². The highest BCUT2D eigenvalue weighted by Crippen LogP contribution is 2.17. The molecule has 1 aromatic heterocycles. The van der Waals surface area contributed by atoms with Crippen LogP contribution in [0.15, 0.2) is 48.0 Å². The summed E-state index contributed by atoms with van der Waals surface area (Å²) in [5.41, 5.74) is 8.54. The third-order valence-electron chi connectivity index (χ3n) is 3.50. The highest BCUT2D eigenvalue weighted by molar-refractivity contribution is 6.09. The Morgan fingerprint density at radius 1 is 1.31 bits per heavy atom. The van der Waals surface area contributed by atoms with Crippen molar-refractivity contribution in [2.75, 3.05) is 19.0 Å². The molecule has 136 valence electrons. The summed E-state index contributed by atoms with van der Waals surface area (Å²) in [6, 6.07) is 7.74. The van der Waals surface area contributed by atoms with Gasteiger partial charge in [-0.2, -0.15) is 0 Å². The molecule has 1 aromatic carbocycles. The van der Waals surface area contributed by atoms with Crippen LogP contribution < -0.4 is 11.1 Å². The summed E-state index contributed by atoms with van der Waals surface area (Å²) >= 11 is 0. The van der Waals surface area contributed by atoms with E-state index in [1.807, 2.05) is 31.2 Å². The highest BCUT2D eigenvalue weighted by Gasteiger charge is 2.09. The predicted octanol–water partition coefficient (Wildman–Crippen LogP) is 3.24. The number of benzene rings is 1. The van der Waals surface area contributed by atoms with E-state index in [1.54, 1.807) is 13.3 Å². The van der Waals surface area contributed by atoms with Crippen LogP contribution in [0.1, 0.15) is 23.7 Å². The molecule has 2 rings (SSSR count). The molecule has 26 heavy (non-hydrogen) atoms. The molecule has 0 bridgehead atoms. The fourth-order valence-corrected chi connectivity index (χ4v) is 2.19. The molecule has 0 atom stereocenters. The van der Waals surface area contributed by atoms with Crippen molar-refractivity contribution in [3.05, 3.63) is 65.7 Å². The molecule has 1 heterocycles. The van der Waals surface area contributed by atoms with E-state index in [-0.39, 0.29) is 11.5 Å². The summed E-state index contributed by atoms with van der Waals surface area (Å²) in [7, 11) is 1.69. The summed E-state index contributed by atoms with van der Waals surface area (Å²) in [5.74, 6) is -0.381. The van der Waals surface area contributed by atoms with Gasteiger partial charge in [0.15, 0.2) is 11.6 Å². The monoisotopic (exact) mass is 355 g/mol. The number of aromatic nitrogens is 2. The maximum atomic E-state index is 14.4. The zero-order valence-electron chi connectivity index (χ0n) is 14.8. The topological polar surface area (TPSA) is 85.4 Å². The Kier molecular flexibility index (Phi) is 7.30. The van der Waals surface area contributed by atoms with Crippen LogP contribution in [-0.2, 0) is 11.3 Å². The molecule has 0 spiro atoms. The lowest BCUT2D eigenvalue weighted by Crippen LogP contribution is -2.06. The Balaban J connectivity index is 2.06. The van der Waals surface area contributed by atoms with Crippen LogP contribution in [0.4, 0.5) is 10.2 Å². The smallest absolute Gasteiger partial charge is 0.191 e. The molecule has 2 aromatic rings. The van der Waals surface area contributed by atoms with Crippen LogP contribution >= 0.6 is 0 Å². The molecule has 0 aliphatic rings. The number of ether oxygens (including phenoxy) is 1. The molecule has 0 unspecified atom stereocenters. The van der Waals surface area contributed by atoms with Gasteiger partial charge in [0.1, 0.15) is 12.0 Å². The number of allylic oxidation sites excluding steroid dienone is 1. The van der Waals surface area contributed by atoms with Gasteiger partial charge in [0.2, 0.25) is 0 Å². The maximum Gasteiger partial charge on any atom is 0.191 e. The second-order valence-electron chi connectivity index (χ2n) is 5.24. The normalized spacial score (nSPS) is 12.0. The zero-order chi connectivity index (χ0) is 18.8. The van der Waals surface area contributed by atoms with Gasteiger partial charge in [-0.1, -0.05) is 24.3 Å². The number of hydrogen-bond acceptors (Lipinski definition) is 6. The molecule has 0 fully saturated rings. The quantitative estimate of drug-likeness (QED) is 0.561. The molecule has 7 heteroatoms. The molecule has 6 nitrogen and oxygen atoms in total. The van der Waals surface area contributed by atoms with Gasteiger partial charge < -0.3 is 15.8 Å². The first-order valence-corrected chi connectivity index (χ1v) is 8.15. The van der Waals surface area contributed by atoms with E-state index in [1.165, 1.54) is 24.9 Å². The van der Waals surface area contributed by atoms with E-state index < -0.39 is 5.82 Å². The van der Waals surface area contributed by atoms with Crippen LogP contribution in [0.5, 0.6) is 0 Å².